The molecule has 0 aliphatic heterocycles. The largest absolute Gasteiger partial charge is 0.466 e. The Morgan fingerprint density at radius 3 is 2.29 bits per heavy atom. The van der Waals surface area contributed by atoms with E-state index in [1.165, 1.54) is 0 Å². The van der Waals surface area contributed by atoms with Crippen molar-refractivity contribution in [1.82, 2.24) is 15.5 Å². The molecule has 0 bridgehead atoms. The molecule has 10 heteroatoms. The van der Waals surface area contributed by atoms with Gasteiger partial charge >= 0.3 is 12.1 Å². The second-order valence-electron chi connectivity index (χ2n) is 8.38. The van der Waals surface area contributed by atoms with Crippen molar-refractivity contribution in [2.75, 3.05) is 19.8 Å². The Bertz CT molecular complexity index is 901. The van der Waals surface area contributed by atoms with Crippen molar-refractivity contribution in [2.24, 2.45) is 0 Å². The maximum Gasteiger partial charge on any atom is 0.408 e. The minimum absolute atomic E-state index is 0.0355. The van der Waals surface area contributed by atoms with E-state index in [2.05, 4.69) is 16.7 Å². The number of ether oxygens (including phenoxy) is 2. The van der Waals surface area contributed by atoms with E-state index in [4.69, 9.17) is 15.9 Å². The summed E-state index contributed by atoms with van der Waals surface area (Å²) in [5.41, 5.74) is 0.491. The van der Waals surface area contributed by atoms with E-state index in [-0.39, 0.29) is 19.6 Å². The fraction of sp³-hybridized carbons (Fsp3) is 0.500. The Morgan fingerprint density at radius 2 is 1.79 bits per heavy atom. The second kappa shape index (κ2) is 13.2. The molecular weight excluding hydrogens is 442 g/mol. The van der Waals surface area contributed by atoms with E-state index in [1.807, 2.05) is 6.92 Å². The SMILES string of the molecule is C#CN(C(=O)C(CO)NC(=O)OC(C)(C)C)C(C(=O)NCCC(=O)OCC)c1ccc(C)cc1. The molecule has 0 aromatic heterocycles. The molecule has 34 heavy (non-hydrogen) atoms. The maximum atomic E-state index is 13.2. The molecule has 10 nitrogen and oxygen atoms in total. The van der Waals surface area contributed by atoms with Gasteiger partial charge in [0.2, 0.25) is 5.91 Å². The molecular formula is C24H33N3O7. The van der Waals surface area contributed by atoms with Gasteiger partial charge in [-0.3, -0.25) is 19.3 Å². The predicted octanol–water partition coefficient (Wildman–Crippen LogP) is 1.41. The fourth-order valence-electron chi connectivity index (χ4n) is 2.85. The van der Waals surface area contributed by atoms with Crippen LogP contribution >= 0.6 is 0 Å². The molecule has 2 unspecified atom stereocenters. The standard InChI is InChI=1S/C24H33N3O7/c1-7-27(22(31)18(15-28)26-23(32)34-24(4,5)6)20(17-11-9-16(3)10-12-17)21(30)25-14-13-19(29)33-8-2/h1,9-12,18,20,28H,8,13-15H2,2-6H3,(H,25,30)(H,26,32). The fourth-order valence-corrected chi connectivity index (χ4v) is 2.85. The third-order valence-electron chi connectivity index (χ3n) is 4.38. The topological polar surface area (TPSA) is 134 Å². The van der Waals surface area contributed by atoms with Crippen molar-refractivity contribution < 1.29 is 33.8 Å². The van der Waals surface area contributed by atoms with Crippen LogP contribution in [0.25, 0.3) is 0 Å². The number of terminal acetylenes is 1. The Labute approximate surface area is 200 Å². The molecule has 0 saturated carbocycles. The van der Waals surface area contributed by atoms with Gasteiger partial charge in [0, 0.05) is 12.6 Å². The van der Waals surface area contributed by atoms with Crippen LogP contribution < -0.4 is 10.6 Å². The van der Waals surface area contributed by atoms with Gasteiger partial charge in [0.05, 0.1) is 19.6 Å². The Kier molecular flexibility index (Phi) is 11.1. The number of carbonyl (C=O) groups is 4. The van der Waals surface area contributed by atoms with Gasteiger partial charge in [-0.2, -0.15) is 0 Å². The number of hydrogen-bond donors (Lipinski definition) is 3. The van der Waals surface area contributed by atoms with Gasteiger partial charge in [0.25, 0.3) is 5.91 Å². The number of nitrogens with one attached hydrogen (secondary N) is 2. The van der Waals surface area contributed by atoms with Gasteiger partial charge in [-0.1, -0.05) is 36.3 Å². The van der Waals surface area contributed by atoms with Crippen molar-refractivity contribution in [3.8, 4) is 12.5 Å². The highest BCUT2D eigenvalue weighted by Crippen LogP contribution is 2.22. The van der Waals surface area contributed by atoms with Gasteiger partial charge in [-0.15, -0.1) is 0 Å². The minimum Gasteiger partial charge on any atom is -0.466 e. The second-order valence-corrected chi connectivity index (χ2v) is 8.38. The molecule has 0 radical (unpaired) electrons. The molecule has 1 aromatic rings. The number of aliphatic hydroxyl groups is 1. The molecule has 2 atom stereocenters. The quantitative estimate of drug-likeness (QED) is 0.265. The molecule has 1 aromatic carbocycles. The zero-order valence-corrected chi connectivity index (χ0v) is 20.2. The number of carbonyl (C=O) groups excluding carboxylic acids is 4. The Balaban J connectivity index is 3.15. The number of aryl methyl sites for hydroxylation is 1. The number of amides is 3. The summed E-state index contributed by atoms with van der Waals surface area (Å²) in [6, 6.07) is 6.21. The average molecular weight is 476 g/mol. The molecule has 0 aliphatic carbocycles. The molecule has 0 heterocycles. The van der Waals surface area contributed by atoms with Crippen molar-refractivity contribution in [3.05, 3.63) is 35.4 Å². The van der Waals surface area contributed by atoms with E-state index in [0.717, 1.165) is 10.5 Å². The summed E-state index contributed by atoms with van der Waals surface area (Å²) in [6.45, 7) is 7.86. The van der Waals surface area contributed by atoms with Crippen molar-refractivity contribution in [1.29, 1.82) is 0 Å². The lowest BCUT2D eigenvalue weighted by atomic mass is 10.0. The number of rotatable bonds is 10. The van der Waals surface area contributed by atoms with E-state index in [1.54, 1.807) is 52.0 Å². The van der Waals surface area contributed by atoms with Gasteiger partial charge in [0.1, 0.15) is 17.7 Å². The first kappa shape index (κ1) is 28.5. The lowest BCUT2D eigenvalue weighted by Gasteiger charge is -2.29. The highest BCUT2D eigenvalue weighted by molar-refractivity contribution is 5.93. The summed E-state index contributed by atoms with van der Waals surface area (Å²) in [6.07, 6.45) is 4.60. The van der Waals surface area contributed by atoms with Crippen LogP contribution in [0.15, 0.2) is 24.3 Å². The molecule has 3 amide bonds. The summed E-state index contributed by atoms with van der Waals surface area (Å²) in [5, 5.41) is 14.6. The molecule has 0 fully saturated rings. The predicted molar refractivity (Wildman–Crippen MR) is 124 cm³/mol. The van der Waals surface area contributed by atoms with Crippen LogP contribution in [0.2, 0.25) is 0 Å². The number of aliphatic hydroxyl groups excluding tert-OH is 1. The highest BCUT2D eigenvalue weighted by atomic mass is 16.6. The van der Waals surface area contributed by atoms with Crippen molar-refractivity contribution in [2.45, 2.75) is 58.7 Å². The van der Waals surface area contributed by atoms with E-state index in [0.29, 0.717) is 5.56 Å². The maximum absolute atomic E-state index is 13.2. The molecule has 0 spiro atoms. The van der Waals surface area contributed by atoms with Crippen LogP contribution in [0, 0.1) is 19.4 Å². The normalized spacial score (nSPS) is 12.5. The number of benzene rings is 1. The lowest BCUT2D eigenvalue weighted by Crippen LogP contribution is -2.53. The molecule has 0 aliphatic rings. The summed E-state index contributed by atoms with van der Waals surface area (Å²) < 4.78 is 9.97. The molecule has 0 saturated heterocycles. The van der Waals surface area contributed by atoms with Crippen LogP contribution in [-0.4, -0.2) is 65.3 Å². The summed E-state index contributed by atoms with van der Waals surface area (Å²) in [7, 11) is 0. The van der Waals surface area contributed by atoms with Gasteiger partial charge in [0.15, 0.2) is 0 Å². The molecule has 1 rings (SSSR count). The van der Waals surface area contributed by atoms with Crippen molar-refractivity contribution >= 4 is 23.9 Å². The first-order valence-corrected chi connectivity index (χ1v) is 10.8. The van der Waals surface area contributed by atoms with Crippen LogP contribution in [0.3, 0.4) is 0 Å². The van der Waals surface area contributed by atoms with E-state index < -0.39 is 48.2 Å². The summed E-state index contributed by atoms with van der Waals surface area (Å²) in [5.74, 6) is -2.02. The molecule has 3 N–H and O–H groups in total. The average Bonchev–Trinajstić information content (AvgIpc) is 2.75. The number of hydrogen-bond acceptors (Lipinski definition) is 7. The molecule has 186 valence electrons. The highest BCUT2D eigenvalue weighted by Gasteiger charge is 2.35. The van der Waals surface area contributed by atoms with Crippen LogP contribution in [-0.2, 0) is 23.9 Å². The Hall–Kier alpha value is -3.58. The lowest BCUT2D eigenvalue weighted by molar-refractivity contribution is -0.143. The van der Waals surface area contributed by atoms with Crippen molar-refractivity contribution in [3.63, 3.8) is 0 Å². The zero-order chi connectivity index (χ0) is 25.9. The van der Waals surface area contributed by atoms with Crippen LogP contribution in [0.1, 0.15) is 51.3 Å². The van der Waals surface area contributed by atoms with Gasteiger partial charge in [-0.25, -0.2) is 4.79 Å². The first-order chi connectivity index (χ1) is 15.9. The summed E-state index contributed by atoms with van der Waals surface area (Å²) >= 11 is 0. The van der Waals surface area contributed by atoms with Crippen LogP contribution in [0.5, 0.6) is 0 Å². The Morgan fingerprint density at radius 1 is 1.18 bits per heavy atom. The number of esters is 1. The third kappa shape index (κ3) is 9.11. The van der Waals surface area contributed by atoms with Gasteiger partial charge in [-0.05, 0) is 40.2 Å². The first-order valence-electron chi connectivity index (χ1n) is 10.8. The monoisotopic (exact) mass is 475 g/mol. The van der Waals surface area contributed by atoms with E-state index >= 15 is 0 Å². The zero-order valence-electron chi connectivity index (χ0n) is 20.2. The minimum atomic E-state index is -1.45. The number of alkyl carbamates (subject to hydrolysis) is 1. The van der Waals surface area contributed by atoms with Crippen LogP contribution in [0.4, 0.5) is 4.79 Å². The third-order valence-corrected chi connectivity index (χ3v) is 4.38. The number of nitrogens with zero attached hydrogens (tertiary/aromatic N) is 1. The smallest absolute Gasteiger partial charge is 0.408 e. The van der Waals surface area contributed by atoms with Gasteiger partial charge < -0.3 is 25.2 Å². The van der Waals surface area contributed by atoms with E-state index in [9.17, 15) is 24.3 Å². The summed E-state index contributed by atoms with van der Waals surface area (Å²) in [4.78, 5) is 50.7.